The van der Waals surface area contributed by atoms with Crippen molar-refractivity contribution in [3.63, 3.8) is 0 Å². The van der Waals surface area contributed by atoms with Crippen LogP contribution in [0, 0.1) is 17.8 Å². The van der Waals surface area contributed by atoms with Crippen molar-refractivity contribution in [2.45, 2.75) is 106 Å². The quantitative estimate of drug-likeness (QED) is 0.0542. The van der Waals surface area contributed by atoms with Gasteiger partial charge in [-0.3, -0.25) is 29.9 Å². The van der Waals surface area contributed by atoms with Gasteiger partial charge >= 0.3 is 0 Å². The predicted molar refractivity (Wildman–Crippen MR) is 495 cm³/mol. The lowest BCUT2D eigenvalue weighted by Crippen LogP contribution is -2.12. The third-order valence-electron chi connectivity index (χ3n) is 20.8. The van der Waals surface area contributed by atoms with Gasteiger partial charge < -0.3 is 41.3 Å². The minimum atomic E-state index is 0.416. The summed E-state index contributed by atoms with van der Waals surface area (Å²) >= 11 is 0. The summed E-state index contributed by atoms with van der Waals surface area (Å²) in [4.78, 5) is 50.8. The van der Waals surface area contributed by atoms with Gasteiger partial charge in [0.25, 0.3) is 29.5 Å². The van der Waals surface area contributed by atoms with E-state index in [1.54, 1.807) is 74.4 Å². The highest BCUT2D eigenvalue weighted by atomic mass is 16.5. The smallest absolute Gasteiger partial charge is 0.258 e. The number of rotatable bonds is 24. The first-order valence-electron chi connectivity index (χ1n) is 43.3. The Hall–Kier alpha value is -16.1. The van der Waals surface area contributed by atoms with Crippen LogP contribution in [0.3, 0.4) is 0 Å². The monoisotopic (exact) mass is 1730 g/mol. The lowest BCUT2D eigenvalue weighted by Gasteiger charge is -2.25. The Labute approximate surface area is 752 Å². The van der Waals surface area contributed by atoms with Crippen LogP contribution < -0.4 is 14.2 Å². The summed E-state index contributed by atoms with van der Waals surface area (Å²) in [5.41, 5.74) is 12.4. The molecule has 20 rings (SSSR count). The second kappa shape index (κ2) is 45.2. The number of hydrogen-bond acceptors (Lipinski definition) is 27. The van der Waals surface area contributed by atoms with Gasteiger partial charge in [0.15, 0.2) is 0 Å². The molecule has 0 saturated heterocycles. The zero-order valence-corrected chi connectivity index (χ0v) is 73.0. The molecule has 12 aromatic heterocycles. The van der Waals surface area contributed by atoms with Gasteiger partial charge in [0.2, 0.25) is 40.8 Å². The van der Waals surface area contributed by atoms with Crippen molar-refractivity contribution in [2.24, 2.45) is 17.8 Å². The van der Waals surface area contributed by atoms with Crippen LogP contribution in [0.25, 0.3) is 136 Å². The first-order valence-corrected chi connectivity index (χ1v) is 43.3. The van der Waals surface area contributed by atoms with E-state index in [1.165, 1.54) is 49.7 Å². The van der Waals surface area contributed by atoms with Crippen LogP contribution in [-0.2, 0) is 12.8 Å². The molecule has 27 nitrogen and oxygen atoms in total. The van der Waals surface area contributed by atoms with Crippen molar-refractivity contribution in [2.75, 3.05) is 13.2 Å². The molecule has 0 unspecified atom stereocenters. The summed E-state index contributed by atoms with van der Waals surface area (Å²) in [5.74, 6) is 12.3. The highest BCUT2D eigenvalue weighted by molar-refractivity contribution is 5.95. The lowest BCUT2D eigenvalue weighted by molar-refractivity contribution is 0.267. The number of ether oxygens (including phenoxy) is 3. The fourth-order valence-electron chi connectivity index (χ4n) is 14.2. The Morgan fingerprint density at radius 2 is 0.677 bits per heavy atom. The van der Waals surface area contributed by atoms with Crippen molar-refractivity contribution in [1.82, 2.24) is 90.7 Å². The number of fused-ring (bicyclic) bond motifs is 1. The molecule has 7 aromatic carbocycles. The van der Waals surface area contributed by atoms with Crippen LogP contribution in [-0.4, -0.2) is 104 Å². The Morgan fingerprint density at radius 3 is 1.13 bits per heavy atom. The Bertz CT molecular complexity index is 6600. The van der Waals surface area contributed by atoms with Gasteiger partial charge in [0, 0.05) is 148 Å². The Kier molecular flexibility index (Phi) is 30.9. The Morgan fingerprint density at radius 1 is 0.308 bits per heavy atom. The summed E-state index contributed by atoms with van der Waals surface area (Å²) in [6.07, 6.45) is 30.1. The third kappa shape index (κ3) is 24.7. The second-order valence-electron chi connectivity index (χ2n) is 31.1. The van der Waals surface area contributed by atoms with Crippen molar-refractivity contribution < 1.29 is 41.3 Å². The molecular formula is C103H96N18O9. The zero-order chi connectivity index (χ0) is 89.4. The van der Waals surface area contributed by atoms with Crippen molar-refractivity contribution in [3.8, 4) is 149 Å². The minimum Gasteiger partial charge on any atom is -0.494 e. The molecule has 0 amide bonds. The summed E-state index contributed by atoms with van der Waals surface area (Å²) in [6, 6.07) is 75.8. The maximum Gasteiger partial charge on any atom is 0.258 e. The third-order valence-corrected chi connectivity index (χ3v) is 20.8. The number of aromatic nitrogens is 18. The van der Waals surface area contributed by atoms with Gasteiger partial charge in [-0.25, -0.2) is 0 Å². The molecule has 652 valence electrons. The minimum absolute atomic E-state index is 0.416. The number of hydrogen-bond donors (Lipinski definition) is 0. The first kappa shape index (κ1) is 88.8. The van der Waals surface area contributed by atoms with Crippen LogP contribution in [0.4, 0.5) is 0 Å². The average molecular weight is 1730 g/mol. The van der Waals surface area contributed by atoms with Gasteiger partial charge in [0.05, 0.1) is 13.2 Å². The van der Waals surface area contributed by atoms with E-state index in [-0.39, 0.29) is 0 Å². The molecule has 0 atom stereocenters. The van der Waals surface area contributed by atoms with E-state index in [9.17, 15) is 0 Å². The molecule has 0 bridgehead atoms. The maximum atomic E-state index is 5.83. The molecule has 0 N–H and O–H groups in total. The van der Waals surface area contributed by atoms with E-state index in [0.717, 1.165) is 102 Å². The number of aryl methyl sites for hydroxylation is 1. The van der Waals surface area contributed by atoms with E-state index >= 15 is 0 Å². The largest absolute Gasteiger partial charge is 0.494 e. The molecular weight excluding hydrogens is 1630 g/mol. The van der Waals surface area contributed by atoms with Crippen LogP contribution in [0.1, 0.15) is 110 Å². The van der Waals surface area contributed by atoms with E-state index < -0.39 is 0 Å². The normalized spacial score (nSPS) is 12.6. The molecule has 12 heterocycles. The SMILES string of the molecule is CC(C)CCc1cccc(-c2nc(-c3ccncc3)no2)c1.CC(C)Cc1cccc(-c2nc(-c3ccncc3)no2)c1.CCC1CCC(c2nc(-c3ccncc3)no2)CC1.CCOc1cc(OCC)cc(-c2nc(-c3ccncc3)no2)c1.c1ccc(Oc2cccc(-c3nc(-c4ccncc4)no3)c2)cc1.c1ccc2c(-c3nc(-c4ccncc4)no3)cccc2c1. The summed E-state index contributed by atoms with van der Waals surface area (Å²) < 4.78 is 49.4. The van der Waals surface area contributed by atoms with Crippen molar-refractivity contribution in [1.29, 1.82) is 0 Å². The van der Waals surface area contributed by atoms with Crippen molar-refractivity contribution >= 4 is 10.8 Å². The van der Waals surface area contributed by atoms with Crippen LogP contribution in [0.2, 0.25) is 0 Å². The summed E-state index contributed by atoms with van der Waals surface area (Å²) in [7, 11) is 0. The molecule has 19 aromatic rings. The molecule has 1 aliphatic carbocycles. The molecule has 27 heteroatoms. The van der Waals surface area contributed by atoms with E-state index in [2.05, 4.69) is 168 Å². The topological polar surface area (TPSA) is 339 Å². The molecule has 1 fully saturated rings. The van der Waals surface area contributed by atoms with Gasteiger partial charge in [-0.2, -0.15) is 29.9 Å². The molecule has 1 aliphatic rings. The van der Waals surface area contributed by atoms with Gasteiger partial charge in [0.1, 0.15) is 23.0 Å². The highest BCUT2D eigenvalue weighted by Gasteiger charge is 2.27. The summed E-state index contributed by atoms with van der Waals surface area (Å²) in [6.45, 7) is 16.2. The van der Waals surface area contributed by atoms with Crippen LogP contribution >= 0.6 is 0 Å². The maximum absolute atomic E-state index is 5.83. The molecule has 0 spiro atoms. The molecule has 1 saturated carbocycles. The second-order valence-corrected chi connectivity index (χ2v) is 31.1. The predicted octanol–water partition coefficient (Wildman–Crippen LogP) is 24.3. The fraction of sp³-hybridized carbons (Fsp3) is 0.204. The highest BCUT2D eigenvalue weighted by Crippen LogP contribution is 2.39. The van der Waals surface area contributed by atoms with E-state index in [4.69, 9.17) is 41.3 Å². The number of benzene rings is 7. The zero-order valence-electron chi connectivity index (χ0n) is 73.0. The first-order chi connectivity index (χ1) is 63.9. The number of para-hydroxylation sites is 1. The molecule has 0 radical (unpaired) electrons. The van der Waals surface area contributed by atoms with Crippen molar-refractivity contribution in [3.05, 3.63) is 328 Å². The van der Waals surface area contributed by atoms with Gasteiger partial charge in [-0.15, -0.1) is 0 Å². The standard InChI is InChI=1S/C19H13N3O2.C18H19N3O.C17H17N3O3.C17H11N3O.C17H17N3O.C15H19N3O/c1-2-6-16(7-3-1)23-17-8-4-5-15(13-17)19-21-18(22-24-19)14-9-11-20-12-10-14;1-13(2)6-7-14-4-3-5-16(12-14)18-20-17(21-22-18)15-8-10-19-11-9-15;1-3-21-14-9-13(10-15(11-14)22-4-2)17-19-16(20-23-17)12-5-7-18-8-6-12;1-2-6-14-12(4-1)5-3-7-15(14)17-19-16(20-21-17)13-8-10-18-11-9-13;1-12(2)10-13-4-3-5-15(11-13)17-19-16(20-21-17)14-6-8-18-9-7-14;1-2-11-3-5-13(6-4-11)15-17-14(18-19-15)12-7-9-16-10-8-12/h1-13H;3-5,8-13H,6-7H2,1-2H3;5-11H,3-4H2,1-2H3;1-11H;3-9,11-12H,10H2,1-2H3;7-11,13H,2-6H2,1H3. The number of pyridine rings is 6. The molecule has 0 aliphatic heterocycles. The van der Waals surface area contributed by atoms with Crippen LogP contribution in [0.15, 0.2) is 338 Å². The number of nitrogens with zero attached hydrogens (tertiary/aromatic N) is 18. The van der Waals surface area contributed by atoms with Gasteiger partial charge in [-0.05, 0) is 244 Å². The summed E-state index contributed by atoms with van der Waals surface area (Å²) in [5, 5.41) is 26.5. The fourth-order valence-corrected chi connectivity index (χ4v) is 14.2. The van der Waals surface area contributed by atoms with E-state index in [0.29, 0.717) is 113 Å². The molecule has 130 heavy (non-hydrogen) atoms. The Balaban J connectivity index is 0.000000120. The van der Waals surface area contributed by atoms with E-state index in [1.807, 2.05) is 208 Å². The van der Waals surface area contributed by atoms with Crippen LogP contribution in [0.5, 0.6) is 23.0 Å². The lowest BCUT2D eigenvalue weighted by atomic mass is 9.81. The average Bonchev–Trinajstić information content (AvgIpc) is 1.55. The van der Waals surface area contributed by atoms with Gasteiger partial charge in [-0.1, -0.05) is 157 Å².